The summed E-state index contributed by atoms with van der Waals surface area (Å²) in [6, 6.07) is 4.20. The van der Waals surface area contributed by atoms with E-state index in [1.165, 1.54) is 0 Å². The lowest BCUT2D eigenvalue weighted by Crippen LogP contribution is -2.59. The largest absolute Gasteiger partial charge is 0.486 e. The number of halogens is 1. The van der Waals surface area contributed by atoms with Crippen LogP contribution in [0.4, 0.5) is 0 Å². The van der Waals surface area contributed by atoms with Crippen LogP contribution in [0.15, 0.2) is 12.1 Å². The van der Waals surface area contributed by atoms with Crippen LogP contribution in [0.25, 0.3) is 0 Å². The minimum absolute atomic E-state index is 0.0718. The molecule has 110 valence electrons. The van der Waals surface area contributed by atoms with Crippen molar-refractivity contribution in [3.63, 3.8) is 0 Å². The van der Waals surface area contributed by atoms with Crippen LogP contribution in [0.3, 0.4) is 0 Å². The summed E-state index contributed by atoms with van der Waals surface area (Å²) >= 11 is 6.22. The molecule has 0 saturated heterocycles. The molecule has 1 aliphatic carbocycles. The van der Waals surface area contributed by atoms with Gasteiger partial charge in [0, 0.05) is 18.0 Å². The number of benzene rings is 1. The summed E-state index contributed by atoms with van der Waals surface area (Å²) in [4.78, 5) is 0. The minimum atomic E-state index is -0.219. The smallest absolute Gasteiger partial charge is 0.179 e. The van der Waals surface area contributed by atoms with Gasteiger partial charge in [0.1, 0.15) is 13.2 Å². The Bertz CT molecular complexity index is 518. The fourth-order valence-corrected chi connectivity index (χ4v) is 3.04. The number of rotatable bonds is 3. The van der Waals surface area contributed by atoms with Crippen LogP contribution in [0.2, 0.25) is 5.02 Å². The van der Waals surface area contributed by atoms with Crippen molar-refractivity contribution < 1.29 is 14.6 Å². The zero-order valence-electron chi connectivity index (χ0n) is 11.8. The van der Waals surface area contributed by atoms with Crippen LogP contribution in [0.1, 0.15) is 25.8 Å². The topological polar surface area (TPSA) is 50.7 Å². The molecule has 5 heteroatoms. The van der Waals surface area contributed by atoms with Crippen molar-refractivity contribution in [2.45, 2.75) is 39.0 Å². The van der Waals surface area contributed by atoms with Gasteiger partial charge in [-0.1, -0.05) is 25.4 Å². The molecule has 2 unspecified atom stereocenters. The van der Waals surface area contributed by atoms with E-state index in [-0.39, 0.29) is 11.5 Å². The maximum atomic E-state index is 9.75. The van der Waals surface area contributed by atoms with Crippen molar-refractivity contribution in [3.8, 4) is 11.5 Å². The zero-order chi connectivity index (χ0) is 14.3. The van der Waals surface area contributed by atoms with Gasteiger partial charge in [0.2, 0.25) is 0 Å². The fourth-order valence-electron chi connectivity index (χ4n) is 2.76. The maximum Gasteiger partial charge on any atom is 0.179 e. The van der Waals surface area contributed by atoms with Crippen LogP contribution < -0.4 is 14.8 Å². The number of hydrogen-bond donors (Lipinski definition) is 2. The first-order valence-electron chi connectivity index (χ1n) is 6.98. The van der Waals surface area contributed by atoms with E-state index in [2.05, 4.69) is 19.2 Å². The third-order valence-electron chi connectivity index (χ3n) is 4.43. The first-order valence-corrected chi connectivity index (χ1v) is 7.36. The Kier molecular flexibility index (Phi) is 3.56. The molecule has 1 aliphatic heterocycles. The van der Waals surface area contributed by atoms with Crippen LogP contribution in [-0.4, -0.2) is 30.5 Å². The summed E-state index contributed by atoms with van der Waals surface area (Å²) < 4.78 is 11.1. The lowest BCUT2D eigenvalue weighted by atomic mass is 9.64. The van der Waals surface area contributed by atoms with Gasteiger partial charge >= 0.3 is 0 Å². The normalized spacial score (nSPS) is 27.0. The minimum Gasteiger partial charge on any atom is -0.486 e. The standard InChI is InChI=1S/C15H20ClNO3/c1-15(2)12(7-13(15)18)17-8-9-5-10(16)14-11(6-9)19-3-4-20-14/h5-6,12-13,17-18H,3-4,7-8H2,1-2H3. The van der Waals surface area contributed by atoms with E-state index in [0.29, 0.717) is 42.3 Å². The third kappa shape index (κ3) is 2.36. The number of fused-ring (bicyclic) bond motifs is 1. The highest BCUT2D eigenvalue weighted by atomic mass is 35.5. The molecule has 3 rings (SSSR count). The highest BCUT2D eigenvalue weighted by Crippen LogP contribution is 2.41. The quantitative estimate of drug-likeness (QED) is 0.899. The Labute approximate surface area is 124 Å². The number of aliphatic hydroxyl groups is 1. The molecular weight excluding hydrogens is 278 g/mol. The van der Waals surface area contributed by atoms with Crippen molar-refractivity contribution >= 4 is 11.6 Å². The molecule has 2 atom stereocenters. The van der Waals surface area contributed by atoms with Gasteiger partial charge in [0.25, 0.3) is 0 Å². The molecule has 0 amide bonds. The van der Waals surface area contributed by atoms with Gasteiger partial charge in [-0.2, -0.15) is 0 Å². The van der Waals surface area contributed by atoms with E-state index < -0.39 is 0 Å². The Morgan fingerprint density at radius 1 is 1.35 bits per heavy atom. The Morgan fingerprint density at radius 2 is 2.10 bits per heavy atom. The van der Waals surface area contributed by atoms with Gasteiger partial charge < -0.3 is 19.9 Å². The van der Waals surface area contributed by atoms with E-state index in [1.807, 2.05) is 12.1 Å². The van der Waals surface area contributed by atoms with Gasteiger partial charge in [-0.3, -0.25) is 0 Å². The summed E-state index contributed by atoms with van der Waals surface area (Å²) in [5.74, 6) is 1.36. The maximum absolute atomic E-state index is 9.75. The summed E-state index contributed by atoms with van der Waals surface area (Å²) in [6.07, 6.45) is 0.578. The second-order valence-electron chi connectivity index (χ2n) is 6.11. The highest BCUT2D eigenvalue weighted by Gasteiger charge is 2.46. The average Bonchev–Trinajstić information content (AvgIpc) is 2.43. The van der Waals surface area contributed by atoms with E-state index in [4.69, 9.17) is 21.1 Å². The summed E-state index contributed by atoms with van der Waals surface area (Å²) in [7, 11) is 0. The second-order valence-corrected chi connectivity index (χ2v) is 6.52. The van der Waals surface area contributed by atoms with Crippen molar-refractivity contribution in [2.24, 2.45) is 5.41 Å². The van der Waals surface area contributed by atoms with Crippen molar-refractivity contribution in [2.75, 3.05) is 13.2 Å². The molecule has 0 aromatic heterocycles. The van der Waals surface area contributed by atoms with E-state index >= 15 is 0 Å². The molecular formula is C15H20ClNO3. The highest BCUT2D eigenvalue weighted by molar-refractivity contribution is 6.32. The molecule has 20 heavy (non-hydrogen) atoms. The van der Waals surface area contributed by atoms with E-state index in [0.717, 1.165) is 12.0 Å². The molecule has 0 bridgehead atoms. The lowest BCUT2D eigenvalue weighted by molar-refractivity contribution is -0.0729. The number of hydrogen-bond acceptors (Lipinski definition) is 4. The molecule has 1 heterocycles. The van der Waals surface area contributed by atoms with Crippen LogP contribution in [0.5, 0.6) is 11.5 Å². The molecule has 1 aromatic rings. The summed E-state index contributed by atoms with van der Waals surface area (Å²) in [6.45, 7) is 5.96. The van der Waals surface area contributed by atoms with Crippen molar-refractivity contribution in [1.29, 1.82) is 0 Å². The Balaban J connectivity index is 1.68. The van der Waals surface area contributed by atoms with E-state index in [1.54, 1.807) is 0 Å². The van der Waals surface area contributed by atoms with Gasteiger partial charge in [0.15, 0.2) is 11.5 Å². The number of ether oxygens (including phenoxy) is 2. The third-order valence-corrected chi connectivity index (χ3v) is 4.71. The second kappa shape index (κ2) is 5.10. The van der Waals surface area contributed by atoms with E-state index in [9.17, 15) is 5.11 Å². The summed E-state index contributed by atoms with van der Waals surface area (Å²) in [5, 5.41) is 13.8. The van der Waals surface area contributed by atoms with Crippen LogP contribution in [-0.2, 0) is 6.54 Å². The number of nitrogens with one attached hydrogen (secondary N) is 1. The van der Waals surface area contributed by atoms with Gasteiger partial charge in [0.05, 0.1) is 11.1 Å². The molecule has 2 N–H and O–H groups in total. The van der Waals surface area contributed by atoms with Gasteiger partial charge in [-0.25, -0.2) is 0 Å². The van der Waals surface area contributed by atoms with Gasteiger partial charge in [-0.15, -0.1) is 0 Å². The first kappa shape index (κ1) is 14.0. The molecule has 0 radical (unpaired) electrons. The zero-order valence-corrected chi connectivity index (χ0v) is 12.5. The number of aliphatic hydroxyl groups excluding tert-OH is 1. The Morgan fingerprint density at radius 3 is 2.80 bits per heavy atom. The van der Waals surface area contributed by atoms with Crippen LogP contribution in [0, 0.1) is 5.41 Å². The van der Waals surface area contributed by atoms with Crippen molar-refractivity contribution in [3.05, 3.63) is 22.7 Å². The molecule has 2 aliphatic rings. The average molecular weight is 298 g/mol. The SMILES string of the molecule is CC1(C)C(O)CC1NCc1cc(Cl)c2c(c1)OCCO2. The molecule has 1 saturated carbocycles. The Hall–Kier alpha value is -0.970. The molecule has 4 nitrogen and oxygen atoms in total. The van der Waals surface area contributed by atoms with Gasteiger partial charge in [-0.05, 0) is 24.1 Å². The fraction of sp³-hybridized carbons (Fsp3) is 0.600. The monoisotopic (exact) mass is 297 g/mol. The molecule has 1 fully saturated rings. The predicted octanol–water partition coefficient (Wildman–Crippen LogP) is 2.36. The molecule has 0 spiro atoms. The first-order chi connectivity index (χ1) is 9.48. The summed E-state index contributed by atoms with van der Waals surface area (Å²) in [5.41, 5.74) is 0.994. The molecule has 1 aromatic carbocycles. The van der Waals surface area contributed by atoms with Crippen LogP contribution >= 0.6 is 11.6 Å². The van der Waals surface area contributed by atoms with Crippen molar-refractivity contribution in [1.82, 2.24) is 5.32 Å². The predicted molar refractivity (Wildman–Crippen MR) is 77.5 cm³/mol. The lowest BCUT2D eigenvalue weighted by Gasteiger charge is -2.49.